The molecule has 0 aliphatic carbocycles. The van der Waals surface area contributed by atoms with Gasteiger partial charge in [0.05, 0.1) is 5.69 Å². The van der Waals surface area contributed by atoms with E-state index >= 15 is 0 Å². The van der Waals surface area contributed by atoms with Crippen molar-refractivity contribution in [1.29, 1.82) is 0 Å². The van der Waals surface area contributed by atoms with Crippen LogP contribution in [0.5, 0.6) is 0 Å². The molecule has 0 fully saturated rings. The van der Waals surface area contributed by atoms with Crippen LogP contribution >= 0.6 is 0 Å². The number of hydrazine groups is 1. The summed E-state index contributed by atoms with van der Waals surface area (Å²) < 4.78 is 16.6. The van der Waals surface area contributed by atoms with Crippen LogP contribution in [0, 0.1) is 0 Å². The Kier molecular flexibility index (Phi) is 12.2. The van der Waals surface area contributed by atoms with Crippen LogP contribution in [0.15, 0.2) is 91.3 Å². The van der Waals surface area contributed by atoms with Crippen molar-refractivity contribution in [2.75, 3.05) is 5.01 Å². The quantitative estimate of drug-likeness (QED) is 0.0671. The lowest BCUT2D eigenvalue weighted by Gasteiger charge is -2.39. The number of ether oxygens (including phenoxy) is 3. The van der Waals surface area contributed by atoms with Gasteiger partial charge in [-0.25, -0.2) is 14.4 Å². The smallest absolute Gasteiger partial charge is 0.439 e. The normalized spacial score (nSPS) is 12.1. The van der Waals surface area contributed by atoms with E-state index in [0.29, 0.717) is 35.2 Å². The van der Waals surface area contributed by atoms with Crippen molar-refractivity contribution in [2.24, 2.45) is 0 Å². The number of nitrogens with zero attached hydrogens (tertiary/aromatic N) is 3. The van der Waals surface area contributed by atoms with E-state index in [-0.39, 0.29) is 24.7 Å². The Hall–Kier alpha value is -5.45. The number of pyridine rings is 1. The fourth-order valence-electron chi connectivity index (χ4n) is 5.12. The maximum Gasteiger partial charge on any atom is 0.439 e. The number of carboxylic acid groups (broad SMARTS) is 1. The number of rotatable bonds is 12. The summed E-state index contributed by atoms with van der Waals surface area (Å²) in [6, 6.07) is 21.6. The summed E-state index contributed by atoms with van der Waals surface area (Å²) in [5.74, 6) is -1.59. The summed E-state index contributed by atoms with van der Waals surface area (Å²) in [5, 5.41) is 13.9. The topological polar surface area (TPSA) is 136 Å². The lowest BCUT2D eigenvalue weighted by atomic mass is 10.0. The van der Waals surface area contributed by atoms with Crippen LogP contribution in [0.4, 0.5) is 15.3 Å². The van der Waals surface area contributed by atoms with Gasteiger partial charge in [-0.15, -0.1) is 5.01 Å². The van der Waals surface area contributed by atoms with Crippen molar-refractivity contribution < 1.29 is 38.5 Å². The molecule has 0 aliphatic rings. The number of aromatic nitrogens is 1. The summed E-state index contributed by atoms with van der Waals surface area (Å²) in [5.41, 5.74) is 0.358. The summed E-state index contributed by atoms with van der Waals surface area (Å²) in [4.78, 5) is 57.2. The second kappa shape index (κ2) is 16.3. The first-order valence-corrected chi connectivity index (χ1v) is 16.5. The number of hydrogen-bond donors (Lipinski definition) is 1. The molecule has 4 aromatic rings. The number of carboxylic acids is 1. The number of unbranched alkanes of at least 4 members (excludes halogenated alkanes) is 1. The van der Waals surface area contributed by atoms with Gasteiger partial charge in [0.2, 0.25) is 0 Å². The van der Waals surface area contributed by atoms with Crippen LogP contribution in [0.3, 0.4) is 0 Å². The number of aryl methyl sites for hydroxylation is 1. The fraction of sp³-hybridized carbons (Fsp3) is 0.359. The Morgan fingerprint density at radius 1 is 0.760 bits per heavy atom. The van der Waals surface area contributed by atoms with Crippen molar-refractivity contribution in [3.63, 3.8) is 0 Å². The second-order valence-corrected chi connectivity index (χ2v) is 13.9. The zero-order valence-electron chi connectivity index (χ0n) is 29.4. The molecule has 264 valence electrons. The van der Waals surface area contributed by atoms with E-state index < -0.39 is 35.4 Å². The Morgan fingerprint density at radius 2 is 1.40 bits per heavy atom. The maximum absolute atomic E-state index is 13.8. The van der Waals surface area contributed by atoms with Gasteiger partial charge in [-0.2, -0.15) is 0 Å². The number of aliphatic carboxylic acids is 1. The first kappa shape index (κ1) is 37.4. The van der Waals surface area contributed by atoms with E-state index in [4.69, 9.17) is 14.2 Å². The van der Waals surface area contributed by atoms with Gasteiger partial charge in [0.25, 0.3) is 0 Å². The third kappa shape index (κ3) is 10.8. The van der Waals surface area contributed by atoms with Gasteiger partial charge in [-0.1, -0.05) is 60.7 Å². The molecule has 0 bridgehead atoms. The van der Waals surface area contributed by atoms with E-state index in [2.05, 4.69) is 4.98 Å². The molecule has 1 aromatic heterocycles. The largest absolute Gasteiger partial charge is 0.479 e. The monoisotopic (exact) mass is 683 g/mol. The second-order valence-electron chi connectivity index (χ2n) is 13.9. The zero-order chi connectivity index (χ0) is 36.5. The first-order valence-electron chi connectivity index (χ1n) is 16.5. The summed E-state index contributed by atoms with van der Waals surface area (Å²) in [6.45, 7) is 10.1. The highest BCUT2D eigenvalue weighted by molar-refractivity contribution is 5.94. The fourth-order valence-corrected chi connectivity index (χ4v) is 5.12. The van der Waals surface area contributed by atoms with Gasteiger partial charge in [-0.3, -0.25) is 14.8 Å². The van der Waals surface area contributed by atoms with Crippen molar-refractivity contribution in [2.45, 2.75) is 91.1 Å². The molecule has 50 heavy (non-hydrogen) atoms. The predicted octanol–water partition coefficient (Wildman–Crippen LogP) is 8.41. The molecule has 0 saturated carbocycles. The number of benzene rings is 3. The minimum Gasteiger partial charge on any atom is -0.479 e. The minimum atomic E-state index is -1.55. The number of imide groups is 1. The average molecular weight is 684 g/mol. The SMILES string of the molecule is CC(C)(C)OC(=O)N(C(=O)OC(C)(C)C)N(c1ccc2cnccc2c1)C(C(=O)O)c1ccc(CCCCC(=O)OCc2ccccc2)cc1. The molecule has 1 N–H and O–H groups in total. The molecule has 1 unspecified atom stereocenters. The van der Waals surface area contributed by atoms with Gasteiger partial charge in [-0.05, 0) is 101 Å². The van der Waals surface area contributed by atoms with Gasteiger partial charge >= 0.3 is 24.1 Å². The Balaban J connectivity index is 1.61. The molecular weight excluding hydrogens is 638 g/mol. The molecule has 4 rings (SSSR count). The van der Waals surface area contributed by atoms with Crippen LogP contribution in [0.25, 0.3) is 10.8 Å². The number of anilines is 1. The third-order valence-corrected chi connectivity index (χ3v) is 7.35. The van der Waals surface area contributed by atoms with Crippen LogP contribution in [0.2, 0.25) is 0 Å². The number of esters is 1. The van der Waals surface area contributed by atoms with E-state index in [1.807, 2.05) is 30.3 Å². The highest BCUT2D eigenvalue weighted by atomic mass is 16.6. The number of amides is 2. The van der Waals surface area contributed by atoms with Crippen molar-refractivity contribution >= 4 is 40.6 Å². The van der Waals surface area contributed by atoms with E-state index in [1.54, 1.807) is 102 Å². The highest BCUT2D eigenvalue weighted by Crippen LogP contribution is 2.34. The highest BCUT2D eigenvalue weighted by Gasteiger charge is 2.42. The summed E-state index contributed by atoms with van der Waals surface area (Å²) in [6.07, 6.45) is 3.31. The number of hydrogen-bond acceptors (Lipinski definition) is 9. The molecule has 0 saturated heterocycles. The van der Waals surface area contributed by atoms with Gasteiger partial charge in [0.15, 0.2) is 6.04 Å². The van der Waals surface area contributed by atoms with Crippen LogP contribution in [-0.4, -0.2) is 50.4 Å². The Morgan fingerprint density at radius 3 is 2.00 bits per heavy atom. The van der Waals surface area contributed by atoms with Gasteiger partial charge < -0.3 is 19.3 Å². The number of fused-ring (bicyclic) bond motifs is 1. The minimum absolute atomic E-state index is 0.232. The van der Waals surface area contributed by atoms with Crippen molar-refractivity contribution in [3.05, 3.63) is 108 Å². The van der Waals surface area contributed by atoms with E-state index in [9.17, 15) is 24.3 Å². The Labute approximate surface area is 292 Å². The number of carbonyl (C=O) groups excluding carboxylic acids is 3. The van der Waals surface area contributed by atoms with Crippen molar-refractivity contribution in [3.8, 4) is 0 Å². The molecule has 1 heterocycles. The van der Waals surface area contributed by atoms with E-state index in [1.165, 1.54) is 0 Å². The van der Waals surface area contributed by atoms with Crippen LogP contribution in [0.1, 0.15) is 83.5 Å². The van der Waals surface area contributed by atoms with E-state index in [0.717, 1.165) is 21.5 Å². The third-order valence-electron chi connectivity index (χ3n) is 7.35. The Bertz CT molecular complexity index is 1750. The average Bonchev–Trinajstić information content (AvgIpc) is 3.04. The molecule has 1 atom stereocenters. The van der Waals surface area contributed by atoms with Gasteiger partial charge in [0.1, 0.15) is 17.8 Å². The maximum atomic E-state index is 13.8. The lowest BCUT2D eigenvalue weighted by Crippen LogP contribution is -2.56. The van der Waals surface area contributed by atoms with Gasteiger partial charge in [0, 0.05) is 24.2 Å². The lowest BCUT2D eigenvalue weighted by molar-refractivity contribution is -0.145. The molecule has 0 spiro atoms. The molecule has 2 amide bonds. The molecule has 11 nitrogen and oxygen atoms in total. The summed E-state index contributed by atoms with van der Waals surface area (Å²) >= 11 is 0. The molecular formula is C39H45N3O8. The van der Waals surface area contributed by atoms with Crippen LogP contribution in [-0.2, 0) is 36.8 Å². The zero-order valence-corrected chi connectivity index (χ0v) is 29.4. The molecule has 0 radical (unpaired) electrons. The molecule has 3 aromatic carbocycles. The standard InChI is InChI=1S/C39H45N3O8/c1-38(2,3)49-36(46)42(37(47)50-39(4,5)6)41(32-21-20-31-25-40-23-22-30(31)24-32)34(35(44)45)29-18-16-27(17-19-29)12-10-11-15-33(43)48-26-28-13-8-7-9-14-28/h7-9,13-14,16-25,34H,10-12,15,26H2,1-6H3,(H,44,45). The molecule has 11 heteroatoms. The predicted molar refractivity (Wildman–Crippen MR) is 189 cm³/mol. The number of carbonyl (C=O) groups is 4. The van der Waals surface area contributed by atoms with Crippen LogP contribution < -0.4 is 5.01 Å². The van der Waals surface area contributed by atoms with Crippen molar-refractivity contribution in [1.82, 2.24) is 9.99 Å². The summed E-state index contributed by atoms with van der Waals surface area (Å²) in [7, 11) is 0. The molecule has 0 aliphatic heterocycles. The first-order chi connectivity index (χ1) is 23.6.